The van der Waals surface area contributed by atoms with Gasteiger partial charge in [-0.25, -0.2) is 0 Å². The largest absolute Gasteiger partial charge is 0.416 e. The summed E-state index contributed by atoms with van der Waals surface area (Å²) < 4.78 is 43.8. The first-order chi connectivity index (χ1) is 9.65. The SMILES string of the molecule is CCC(C)(N)c1noc(-c2cc(C(F)(F)F)ccc2Br)n1. The molecule has 0 amide bonds. The van der Waals surface area contributed by atoms with Crippen molar-refractivity contribution in [3.63, 3.8) is 0 Å². The van der Waals surface area contributed by atoms with Crippen LogP contribution < -0.4 is 5.73 Å². The molecule has 0 aliphatic carbocycles. The van der Waals surface area contributed by atoms with Crippen LogP contribution in [0.3, 0.4) is 0 Å². The van der Waals surface area contributed by atoms with E-state index in [4.69, 9.17) is 10.3 Å². The average Bonchev–Trinajstić information content (AvgIpc) is 2.88. The Labute approximate surface area is 127 Å². The van der Waals surface area contributed by atoms with Crippen molar-refractivity contribution in [2.75, 3.05) is 0 Å². The second kappa shape index (κ2) is 5.42. The van der Waals surface area contributed by atoms with Gasteiger partial charge in [0.1, 0.15) is 0 Å². The van der Waals surface area contributed by atoms with E-state index in [1.54, 1.807) is 6.92 Å². The number of rotatable bonds is 3. The Morgan fingerprint density at radius 1 is 1.33 bits per heavy atom. The Balaban J connectivity index is 2.48. The van der Waals surface area contributed by atoms with Gasteiger partial charge in [-0.3, -0.25) is 0 Å². The van der Waals surface area contributed by atoms with Gasteiger partial charge in [-0.15, -0.1) is 0 Å². The molecule has 1 aromatic carbocycles. The molecular weight excluding hydrogens is 351 g/mol. The number of halogens is 4. The Morgan fingerprint density at radius 3 is 2.57 bits per heavy atom. The van der Waals surface area contributed by atoms with Gasteiger partial charge in [-0.05, 0) is 47.5 Å². The molecule has 2 rings (SSSR count). The molecule has 1 atom stereocenters. The highest BCUT2D eigenvalue weighted by Crippen LogP contribution is 2.36. The Kier molecular flexibility index (Phi) is 4.12. The molecule has 1 unspecified atom stereocenters. The van der Waals surface area contributed by atoms with E-state index in [0.717, 1.165) is 12.1 Å². The van der Waals surface area contributed by atoms with Gasteiger partial charge in [-0.1, -0.05) is 12.1 Å². The number of hydrogen-bond acceptors (Lipinski definition) is 4. The maximum absolute atomic E-state index is 12.8. The van der Waals surface area contributed by atoms with Crippen molar-refractivity contribution < 1.29 is 17.7 Å². The lowest BCUT2D eigenvalue weighted by Crippen LogP contribution is -2.33. The first kappa shape index (κ1) is 16.0. The van der Waals surface area contributed by atoms with Gasteiger partial charge in [0.05, 0.1) is 16.7 Å². The topological polar surface area (TPSA) is 64.9 Å². The molecule has 21 heavy (non-hydrogen) atoms. The molecule has 1 heterocycles. The van der Waals surface area contributed by atoms with Crippen LogP contribution >= 0.6 is 15.9 Å². The van der Waals surface area contributed by atoms with Crippen LogP contribution in [0.25, 0.3) is 11.5 Å². The average molecular weight is 364 g/mol. The molecule has 0 fully saturated rings. The molecule has 4 nitrogen and oxygen atoms in total. The van der Waals surface area contributed by atoms with Gasteiger partial charge >= 0.3 is 6.18 Å². The van der Waals surface area contributed by atoms with Crippen LogP contribution in [-0.2, 0) is 11.7 Å². The summed E-state index contributed by atoms with van der Waals surface area (Å²) in [5.74, 6) is 0.248. The van der Waals surface area contributed by atoms with Gasteiger partial charge in [0.2, 0.25) is 0 Å². The molecule has 0 bridgehead atoms. The van der Waals surface area contributed by atoms with Crippen molar-refractivity contribution >= 4 is 15.9 Å². The van der Waals surface area contributed by atoms with Crippen molar-refractivity contribution in [3.05, 3.63) is 34.1 Å². The fourth-order valence-electron chi connectivity index (χ4n) is 1.59. The summed E-state index contributed by atoms with van der Waals surface area (Å²) in [5, 5.41) is 3.75. The van der Waals surface area contributed by atoms with E-state index in [-0.39, 0.29) is 17.3 Å². The predicted octanol–water partition coefficient (Wildman–Crippen LogP) is 4.10. The molecule has 2 N–H and O–H groups in total. The van der Waals surface area contributed by atoms with Crippen molar-refractivity contribution in [1.82, 2.24) is 10.1 Å². The second-order valence-corrected chi connectivity index (χ2v) is 5.74. The Morgan fingerprint density at radius 2 is 2.00 bits per heavy atom. The third-order valence-corrected chi connectivity index (χ3v) is 3.89. The smallest absolute Gasteiger partial charge is 0.334 e. The minimum Gasteiger partial charge on any atom is -0.334 e. The fraction of sp³-hybridized carbons (Fsp3) is 0.385. The second-order valence-electron chi connectivity index (χ2n) is 4.89. The highest BCUT2D eigenvalue weighted by molar-refractivity contribution is 9.10. The Hall–Kier alpha value is -1.41. The summed E-state index contributed by atoms with van der Waals surface area (Å²) >= 11 is 3.18. The summed E-state index contributed by atoms with van der Waals surface area (Å²) in [6, 6.07) is 3.23. The van der Waals surface area contributed by atoms with Crippen LogP contribution in [0.1, 0.15) is 31.7 Å². The third-order valence-electron chi connectivity index (χ3n) is 3.20. The van der Waals surface area contributed by atoms with Crippen LogP contribution in [0.4, 0.5) is 13.2 Å². The lowest BCUT2D eigenvalue weighted by atomic mass is 10.00. The maximum Gasteiger partial charge on any atom is 0.416 e. The van der Waals surface area contributed by atoms with Gasteiger partial charge in [0, 0.05) is 4.47 Å². The van der Waals surface area contributed by atoms with Crippen LogP contribution in [0, 0.1) is 0 Å². The molecule has 2 aromatic rings. The van der Waals surface area contributed by atoms with Crippen LogP contribution in [-0.4, -0.2) is 10.1 Å². The van der Waals surface area contributed by atoms with E-state index in [1.165, 1.54) is 6.07 Å². The number of nitrogens with zero attached hydrogens (tertiary/aromatic N) is 2. The summed E-state index contributed by atoms with van der Waals surface area (Å²) in [4.78, 5) is 4.11. The lowest BCUT2D eigenvalue weighted by molar-refractivity contribution is -0.137. The minimum absolute atomic E-state index is 0.00639. The van der Waals surface area contributed by atoms with E-state index in [1.807, 2.05) is 6.92 Å². The number of benzene rings is 1. The first-order valence-electron chi connectivity index (χ1n) is 6.15. The van der Waals surface area contributed by atoms with Crippen LogP contribution in [0.2, 0.25) is 0 Å². The summed E-state index contributed by atoms with van der Waals surface area (Å²) in [6.07, 6.45) is -3.88. The number of nitrogens with two attached hydrogens (primary N) is 1. The van der Waals surface area contributed by atoms with E-state index in [9.17, 15) is 13.2 Å². The van der Waals surface area contributed by atoms with Gasteiger partial charge in [0.25, 0.3) is 5.89 Å². The standard InChI is InChI=1S/C13H13BrF3N3O/c1-3-12(2,18)11-19-10(21-20-11)8-6-7(13(15,16)17)4-5-9(8)14/h4-6H,3,18H2,1-2H3. The fourth-order valence-corrected chi connectivity index (χ4v) is 2.00. The van der Waals surface area contributed by atoms with E-state index in [2.05, 4.69) is 26.1 Å². The maximum atomic E-state index is 12.8. The Bertz CT molecular complexity index is 652. The minimum atomic E-state index is -4.44. The van der Waals surface area contributed by atoms with Crippen LogP contribution in [0.5, 0.6) is 0 Å². The van der Waals surface area contributed by atoms with E-state index >= 15 is 0 Å². The predicted molar refractivity (Wildman–Crippen MR) is 74.3 cm³/mol. The number of hydrogen-bond donors (Lipinski definition) is 1. The van der Waals surface area contributed by atoms with Crippen molar-refractivity contribution in [2.45, 2.75) is 32.0 Å². The normalized spacial score (nSPS) is 15.0. The molecular formula is C13H13BrF3N3O. The van der Waals surface area contributed by atoms with Crippen molar-refractivity contribution in [1.29, 1.82) is 0 Å². The summed E-state index contributed by atoms with van der Waals surface area (Å²) in [7, 11) is 0. The molecule has 0 radical (unpaired) electrons. The molecule has 0 spiro atoms. The van der Waals surface area contributed by atoms with E-state index < -0.39 is 17.3 Å². The number of alkyl halides is 3. The number of aromatic nitrogens is 2. The van der Waals surface area contributed by atoms with E-state index in [0.29, 0.717) is 10.9 Å². The zero-order valence-corrected chi connectivity index (χ0v) is 12.9. The van der Waals surface area contributed by atoms with Gasteiger partial charge in [-0.2, -0.15) is 18.2 Å². The van der Waals surface area contributed by atoms with Gasteiger partial charge < -0.3 is 10.3 Å². The third kappa shape index (κ3) is 3.26. The quantitative estimate of drug-likeness (QED) is 0.891. The molecule has 0 aliphatic heterocycles. The zero-order chi connectivity index (χ0) is 15.8. The zero-order valence-electron chi connectivity index (χ0n) is 11.3. The lowest BCUT2D eigenvalue weighted by Gasteiger charge is -2.16. The first-order valence-corrected chi connectivity index (χ1v) is 6.94. The molecule has 0 aliphatic rings. The molecule has 0 saturated carbocycles. The molecule has 8 heteroatoms. The van der Waals surface area contributed by atoms with Crippen molar-refractivity contribution in [3.8, 4) is 11.5 Å². The van der Waals surface area contributed by atoms with Crippen LogP contribution in [0.15, 0.2) is 27.2 Å². The highest BCUT2D eigenvalue weighted by Gasteiger charge is 2.32. The highest BCUT2D eigenvalue weighted by atomic mass is 79.9. The summed E-state index contributed by atoms with van der Waals surface area (Å²) in [6.45, 7) is 3.58. The molecule has 0 saturated heterocycles. The van der Waals surface area contributed by atoms with Gasteiger partial charge in [0.15, 0.2) is 5.82 Å². The molecule has 1 aromatic heterocycles. The van der Waals surface area contributed by atoms with Crippen molar-refractivity contribution in [2.24, 2.45) is 5.73 Å². The molecule has 114 valence electrons. The monoisotopic (exact) mass is 363 g/mol. The summed E-state index contributed by atoms with van der Waals surface area (Å²) in [5.41, 5.74) is 4.58.